The monoisotopic (exact) mass is 271 g/mol. The van der Waals surface area contributed by atoms with Gasteiger partial charge in [0.25, 0.3) is 0 Å². The molecule has 1 unspecified atom stereocenters. The van der Waals surface area contributed by atoms with E-state index in [2.05, 4.69) is 10.0 Å². The van der Waals surface area contributed by atoms with Crippen LogP contribution in [0.3, 0.4) is 0 Å². The molecule has 0 aliphatic carbocycles. The highest BCUT2D eigenvalue weighted by molar-refractivity contribution is 7.88. The van der Waals surface area contributed by atoms with Crippen molar-refractivity contribution >= 4 is 21.6 Å². The molecule has 0 aliphatic rings. The summed E-state index contributed by atoms with van der Waals surface area (Å²) in [7, 11) is -2.12. The van der Waals surface area contributed by atoms with Gasteiger partial charge in [0.05, 0.1) is 11.8 Å². The number of sulfonamides is 1. The molecule has 0 fully saturated rings. The summed E-state index contributed by atoms with van der Waals surface area (Å²) in [4.78, 5) is 11.2. The Morgan fingerprint density at radius 2 is 2.11 bits per heavy atom. The van der Waals surface area contributed by atoms with E-state index < -0.39 is 16.1 Å². The summed E-state index contributed by atoms with van der Waals surface area (Å²) < 4.78 is 25.9. The van der Waals surface area contributed by atoms with E-state index in [4.69, 9.17) is 5.73 Å². The maximum Gasteiger partial charge on any atom is 0.237 e. The number of benzene rings is 1. The first-order valence-electron chi connectivity index (χ1n) is 5.40. The van der Waals surface area contributed by atoms with E-state index in [9.17, 15) is 13.2 Å². The summed E-state index contributed by atoms with van der Waals surface area (Å²) in [5.74, 6) is -0.592. The van der Waals surface area contributed by atoms with Gasteiger partial charge >= 0.3 is 0 Å². The number of nitrogen functional groups attached to an aromatic ring is 1. The summed E-state index contributed by atoms with van der Waals surface area (Å²) in [6.45, 7) is 1.48. The predicted octanol–water partition coefficient (Wildman–Crippen LogP) is -0.177. The number of carbonyl (C=O) groups is 1. The van der Waals surface area contributed by atoms with Crippen molar-refractivity contribution in [1.82, 2.24) is 10.0 Å². The molecule has 7 heteroatoms. The minimum atomic E-state index is -3.57. The third kappa shape index (κ3) is 4.34. The van der Waals surface area contributed by atoms with Crippen LogP contribution in [-0.2, 0) is 20.6 Å². The minimum absolute atomic E-state index is 0.209. The normalized spacial score (nSPS) is 13.0. The van der Waals surface area contributed by atoms with Crippen LogP contribution < -0.4 is 15.8 Å². The quantitative estimate of drug-likeness (QED) is 0.647. The molecule has 1 rings (SSSR count). The van der Waals surface area contributed by atoms with Gasteiger partial charge in [-0.2, -0.15) is 0 Å². The highest BCUT2D eigenvalue weighted by Crippen LogP contribution is 2.09. The molecule has 4 N–H and O–H groups in total. The maximum atomic E-state index is 11.8. The Morgan fingerprint density at radius 1 is 1.44 bits per heavy atom. The van der Waals surface area contributed by atoms with Gasteiger partial charge in [0.2, 0.25) is 15.9 Å². The SMILES string of the molecule is CNC(=O)C(C)NS(=O)(=O)Cc1cccc(N)c1. The molecular weight excluding hydrogens is 254 g/mol. The van der Waals surface area contributed by atoms with Crippen molar-refractivity contribution in [2.24, 2.45) is 0 Å². The van der Waals surface area contributed by atoms with Crippen LogP contribution in [0.1, 0.15) is 12.5 Å². The summed E-state index contributed by atoms with van der Waals surface area (Å²) >= 11 is 0. The number of anilines is 1. The first-order chi connectivity index (χ1) is 8.34. The molecule has 0 heterocycles. The number of rotatable bonds is 5. The zero-order chi connectivity index (χ0) is 13.8. The molecule has 100 valence electrons. The molecule has 1 aromatic rings. The molecule has 0 saturated heterocycles. The largest absolute Gasteiger partial charge is 0.399 e. The minimum Gasteiger partial charge on any atom is -0.399 e. The lowest BCUT2D eigenvalue weighted by atomic mass is 10.2. The van der Waals surface area contributed by atoms with Gasteiger partial charge in [-0.05, 0) is 24.6 Å². The fourth-order valence-corrected chi connectivity index (χ4v) is 2.83. The van der Waals surface area contributed by atoms with E-state index in [0.717, 1.165) is 0 Å². The lowest BCUT2D eigenvalue weighted by Crippen LogP contribution is -2.43. The lowest BCUT2D eigenvalue weighted by Gasteiger charge is -2.12. The number of hydrogen-bond donors (Lipinski definition) is 3. The van der Waals surface area contributed by atoms with Crippen LogP contribution in [0.4, 0.5) is 5.69 Å². The number of hydrogen-bond acceptors (Lipinski definition) is 4. The van der Waals surface area contributed by atoms with Crippen LogP contribution in [-0.4, -0.2) is 27.4 Å². The molecule has 0 spiro atoms. The van der Waals surface area contributed by atoms with Crippen LogP contribution in [0, 0.1) is 0 Å². The van der Waals surface area contributed by atoms with Crippen LogP contribution >= 0.6 is 0 Å². The Balaban J connectivity index is 2.74. The van der Waals surface area contributed by atoms with E-state index in [-0.39, 0.29) is 11.7 Å². The zero-order valence-corrected chi connectivity index (χ0v) is 11.1. The van der Waals surface area contributed by atoms with Gasteiger partial charge in [-0.3, -0.25) is 4.79 Å². The van der Waals surface area contributed by atoms with E-state index in [1.807, 2.05) is 0 Å². The van der Waals surface area contributed by atoms with E-state index >= 15 is 0 Å². The van der Waals surface area contributed by atoms with E-state index in [1.165, 1.54) is 14.0 Å². The first-order valence-corrected chi connectivity index (χ1v) is 7.05. The molecule has 0 radical (unpaired) electrons. The van der Waals surface area contributed by atoms with E-state index in [0.29, 0.717) is 11.3 Å². The fraction of sp³-hybridized carbons (Fsp3) is 0.364. The summed E-state index contributed by atoms with van der Waals surface area (Å²) in [6.07, 6.45) is 0. The molecule has 1 aromatic carbocycles. The van der Waals surface area contributed by atoms with Crippen molar-refractivity contribution in [1.29, 1.82) is 0 Å². The zero-order valence-electron chi connectivity index (χ0n) is 10.3. The molecule has 0 aliphatic heterocycles. The van der Waals surface area contributed by atoms with Gasteiger partial charge in [-0.25, -0.2) is 13.1 Å². The van der Waals surface area contributed by atoms with Crippen LogP contribution in [0.15, 0.2) is 24.3 Å². The van der Waals surface area contributed by atoms with Crippen LogP contribution in [0.2, 0.25) is 0 Å². The third-order valence-corrected chi connectivity index (χ3v) is 3.73. The average molecular weight is 271 g/mol. The van der Waals surface area contributed by atoms with Crippen molar-refractivity contribution in [2.75, 3.05) is 12.8 Å². The van der Waals surface area contributed by atoms with Gasteiger partial charge < -0.3 is 11.1 Å². The standard InChI is InChI=1S/C11H17N3O3S/c1-8(11(15)13-2)14-18(16,17)7-9-4-3-5-10(12)6-9/h3-6,8,14H,7,12H2,1-2H3,(H,13,15). The third-order valence-electron chi connectivity index (χ3n) is 2.30. The Labute approximate surface area is 107 Å². The molecule has 18 heavy (non-hydrogen) atoms. The van der Waals surface area contributed by atoms with E-state index in [1.54, 1.807) is 24.3 Å². The lowest BCUT2D eigenvalue weighted by molar-refractivity contribution is -0.121. The molecule has 0 saturated carbocycles. The molecule has 1 amide bonds. The Bertz CT molecular complexity index is 528. The van der Waals surface area contributed by atoms with Crippen molar-refractivity contribution in [3.05, 3.63) is 29.8 Å². The summed E-state index contributed by atoms with van der Waals surface area (Å²) in [5, 5.41) is 2.37. The topological polar surface area (TPSA) is 101 Å². The second-order valence-electron chi connectivity index (χ2n) is 3.96. The van der Waals surface area contributed by atoms with Gasteiger partial charge in [0, 0.05) is 12.7 Å². The second-order valence-corrected chi connectivity index (χ2v) is 5.71. The number of nitrogens with one attached hydrogen (secondary N) is 2. The van der Waals surface area contributed by atoms with Crippen LogP contribution in [0.25, 0.3) is 0 Å². The molecule has 1 atom stereocenters. The summed E-state index contributed by atoms with van der Waals surface area (Å²) in [6, 6.07) is 5.81. The van der Waals surface area contributed by atoms with Crippen LogP contribution in [0.5, 0.6) is 0 Å². The average Bonchev–Trinajstić information content (AvgIpc) is 2.26. The van der Waals surface area contributed by atoms with Gasteiger partial charge in [-0.15, -0.1) is 0 Å². The molecule has 0 bridgehead atoms. The van der Waals surface area contributed by atoms with Crippen molar-refractivity contribution < 1.29 is 13.2 Å². The van der Waals surface area contributed by atoms with Gasteiger partial charge in [-0.1, -0.05) is 12.1 Å². The Kier molecular flexibility index (Phi) is 4.69. The second kappa shape index (κ2) is 5.83. The number of amides is 1. The smallest absolute Gasteiger partial charge is 0.237 e. The predicted molar refractivity (Wildman–Crippen MR) is 70.1 cm³/mol. The highest BCUT2D eigenvalue weighted by atomic mass is 32.2. The van der Waals surface area contributed by atoms with Gasteiger partial charge in [0.1, 0.15) is 0 Å². The summed E-state index contributed by atoms with van der Waals surface area (Å²) in [5.41, 5.74) is 6.65. The van der Waals surface area contributed by atoms with Crippen molar-refractivity contribution in [3.8, 4) is 0 Å². The fourth-order valence-electron chi connectivity index (χ4n) is 1.48. The maximum absolute atomic E-state index is 11.8. The Hall–Kier alpha value is -1.60. The van der Waals surface area contributed by atoms with Gasteiger partial charge in [0.15, 0.2) is 0 Å². The molecular formula is C11H17N3O3S. The van der Waals surface area contributed by atoms with Crippen molar-refractivity contribution in [3.63, 3.8) is 0 Å². The molecule has 0 aromatic heterocycles. The first kappa shape index (κ1) is 14.5. The van der Waals surface area contributed by atoms with Crippen molar-refractivity contribution in [2.45, 2.75) is 18.7 Å². The number of nitrogens with two attached hydrogens (primary N) is 1. The number of carbonyl (C=O) groups excluding carboxylic acids is 1. The Morgan fingerprint density at radius 3 is 2.67 bits per heavy atom. The molecule has 6 nitrogen and oxygen atoms in total. The number of likely N-dealkylation sites (N-methyl/N-ethyl adjacent to an activating group) is 1. The highest BCUT2D eigenvalue weighted by Gasteiger charge is 2.19.